The molecule has 0 aliphatic carbocycles. The molecule has 0 saturated carbocycles. The summed E-state index contributed by atoms with van der Waals surface area (Å²) in [5.41, 5.74) is 0. The van der Waals surface area contributed by atoms with Crippen LogP contribution >= 0.6 is 0 Å². The lowest BCUT2D eigenvalue weighted by Crippen LogP contribution is -2.32. The number of rotatable bonds is 5. The van der Waals surface area contributed by atoms with Gasteiger partial charge in [0.1, 0.15) is 0 Å². The standard InChI is InChI=1S/C10H22O2/c1-5-6-9(11)8(4)10(12)7(2)3/h7-12H,5-6H2,1-4H3. The first-order valence-electron chi connectivity index (χ1n) is 4.86. The second kappa shape index (κ2) is 5.55. The van der Waals surface area contributed by atoms with Crippen molar-refractivity contribution in [2.24, 2.45) is 11.8 Å². The van der Waals surface area contributed by atoms with Gasteiger partial charge >= 0.3 is 0 Å². The minimum Gasteiger partial charge on any atom is -0.393 e. The molecule has 0 aliphatic rings. The summed E-state index contributed by atoms with van der Waals surface area (Å²) in [6.45, 7) is 7.89. The molecule has 0 aliphatic heterocycles. The average molecular weight is 174 g/mol. The fourth-order valence-corrected chi connectivity index (χ4v) is 1.39. The molecule has 3 unspecified atom stereocenters. The van der Waals surface area contributed by atoms with Gasteiger partial charge in [-0.15, -0.1) is 0 Å². The summed E-state index contributed by atoms with van der Waals surface area (Å²) in [6, 6.07) is 0. The van der Waals surface area contributed by atoms with Gasteiger partial charge in [0.15, 0.2) is 0 Å². The molecule has 2 nitrogen and oxygen atoms in total. The molecule has 0 rings (SSSR count). The van der Waals surface area contributed by atoms with Crippen LogP contribution < -0.4 is 0 Å². The second-order valence-electron chi connectivity index (χ2n) is 3.95. The highest BCUT2D eigenvalue weighted by Gasteiger charge is 2.23. The number of hydrogen-bond donors (Lipinski definition) is 2. The molecular weight excluding hydrogens is 152 g/mol. The molecule has 0 heterocycles. The topological polar surface area (TPSA) is 40.5 Å². The Kier molecular flexibility index (Phi) is 5.51. The zero-order valence-corrected chi connectivity index (χ0v) is 8.62. The van der Waals surface area contributed by atoms with Crippen molar-refractivity contribution in [2.75, 3.05) is 0 Å². The highest BCUT2D eigenvalue weighted by molar-refractivity contribution is 4.74. The molecule has 12 heavy (non-hydrogen) atoms. The first-order valence-corrected chi connectivity index (χ1v) is 4.86. The van der Waals surface area contributed by atoms with Crippen LogP contribution in [-0.2, 0) is 0 Å². The van der Waals surface area contributed by atoms with Gasteiger partial charge in [0.25, 0.3) is 0 Å². The first kappa shape index (κ1) is 11.9. The van der Waals surface area contributed by atoms with Crippen LogP contribution in [0.4, 0.5) is 0 Å². The highest BCUT2D eigenvalue weighted by Crippen LogP contribution is 2.18. The van der Waals surface area contributed by atoms with Gasteiger partial charge in [0, 0.05) is 5.92 Å². The summed E-state index contributed by atoms with van der Waals surface area (Å²) >= 11 is 0. The molecule has 2 heteroatoms. The molecule has 0 radical (unpaired) electrons. The van der Waals surface area contributed by atoms with Crippen LogP contribution in [0.25, 0.3) is 0 Å². The summed E-state index contributed by atoms with van der Waals surface area (Å²) in [4.78, 5) is 0. The van der Waals surface area contributed by atoms with E-state index >= 15 is 0 Å². The van der Waals surface area contributed by atoms with E-state index in [0.717, 1.165) is 12.8 Å². The third kappa shape index (κ3) is 3.55. The lowest BCUT2D eigenvalue weighted by molar-refractivity contribution is -0.00543. The van der Waals surface area contributed by atoms with E-state index in [1.165, 1.54) is 0 Å². The van der Waals surface area contributed by atoms with Crippen LogP contribution in [0.3, 0.4) is 0 Å². The predicted molar refractivity (Wildman–Crippen MR) is 50.9 cm³/mol. The fourth-order valence-electron chi connectivity index (χ4n) is 1.39. The fraction of sp³-hybridized carbons (Fsp3) is 1.00. The summed E-state index contributed by atoms with van der Waals surface area (Å²) in [7, 11) is 0. The molecule has 0 saturated heterocycles. The van der Waals surface area contributed by atoms with E-state index in [2.05, 4.69) is 0 Å². The van der Waals surface area contributed by atoms with Crippen LogP contribution in [0, 0.1) is 11.8 Å². The molecule has 0 spiro atoms. The van der Waals surface area contributed by atoms with E-state index in [0.29, 0.717) is 0 Å². The van der Waals surface area contributed by atoms with Crippen molar-refractivity contribution in [3.05, 3.63) is 0 Å². The molecule has 3 atom stereocenters. The Bertz CT molecular complexity index is 112. The predicted octanol–water partition coefficient (Wildman–Crippen LogP) is 1.80. The van der Waals surface area contributed by atoms with Crippen LogP contribution in [0.15, 0.2) is 0 Å². The largest absolute Gasteiger partial charge is 0.393 e. The molecule has 0 aromatic rings. The van der Waals surface area contributed by atoms with Crippen molar-refractivity contribution in [3.8, 4) is 0 Å². The molecule has 2 N–H and O–H groups in total. The summed E-state index contributed by atoms with van der Waals surface area (Å²) in [6.07, 6.45) is 1.01. The van der Waals surface area contributed by atoms with Gasteiger partial charge in [-0.1, -0.05) is 34.1 Å². The molecule has 0 amide bonds. The normalized spacial score (nSPS) is 19.2. The summed E-state index contributed by atoms with van der Waals surface area (Å²) < 4.78 is 0. The quantitative estimate of drug-likeness (QED) is 0.667. The number of hydrogen-bond acceptors (Lipinski definition) is 2. The van der Waals surface area contributed by atoms with E-state index in [9.17, 15) is 10.2 Å². The zero-order chi connectivity index (χ0) is 9.72. The minimum absolute atomic E-state index is 0.00931. The molecule has 0 aromatic heterocycles. The molecular formula is C10H22O2. The molecule has 0 aromatic carbocycles. The van der Waals surface area contributed by atoms with Crippen molar-refractivity contribution in [2.45, 2.75) is 52.7 Å². The van der Waals surface area contributed by atoms with Crippen LogP contribution in [0.1, 0.15) is 40.5 Å². The van der Waals surface area contributed by atoms with Gasteiger partial charge in [0.2, 0.25) is 0 Å². The maximum Gasteiger partial charge on any atom is 0.0613 e. The summed E-state index contributed by atoms with van der Waals surface area (Å²) in [5.74, 6) is 0.219. The number of aliphatic hydroxyl groups excluding tert-OH is 2. The zero-order valence-electron chi connectivity index (χ0n) is 8.62. The van der Waals surface area contributed by atoms with Gasteiger partial charge in [-0.25, -0.2) is 0 Å². The molecule has 0 bridgehead atoms. The van der Waals surface area contributed by atoms with Crippen molar-refractivity contribution < 1.29 is 10.2 Å². The third-order valence-corrected chi connectivity index (χ3v) is 2.41. The monoisotopic (exact) mass is 174 g/mol. The van der Waals surface area contributed by atoms with Gasteiger partial charge in [-0.2, -0.15) is 0 Å². The Morgan fingerprint density at radius 1 is 1.08 bits per heavy atom. The van der Waals surface area contributed by atoms with Crippen molar-refractivity contribution in [1.82, 2.24) is 0 Å². The van der Waals surface area contributed by atoms with Crippen molar-refractivity contribution >= 4 is 0 Å². The number of aliphatic hydroxyl groups is 2. The Labute approximate surface area is 75.6 Å². The van der Waals surface area contributed by atoms with Crippen LogP contribution in [-0.4, -0.2) is 22.4 Å². The lowest BCUT2D eigenvalue weighted by atomic mass is 9.89. The van der Waals surface area contributed by atoms with Crippen molar-refractivity contribution in [3.63, 3.8) is 0 Å². The Morgan fingerprint density at radius 2 is 1.58 bits per heavy atom. The van der Waals surface area contributed by atoms with E-state index in [1.54, 1.807) is 0 Å². The smallest absolute Gasteiger partial charge is 0.0613 e. The van der Waals surface area contributed by atoms with E-state index in [4.69, 9.17) is 0 Å². The minimum atomic E-state index is -0.383. The maximum absolute atomic E-state index is 9.63. The summed E-state index contributed by atoms with van der Waals surface area (Å²) in [5, 5.41) is 19.2. The lowest BCUT2D eigenvalue weighted by Gasteiger charge is -2.26. The molecule has 74 valence electrons. The van der Waals surface area contributed by atoms with E-state index < -0.39 is 0 Å². The van der Waals surface area contributed by atoms with Crippen molar-refractivity contribution in [1.29, 1.82) is 0 Å². The van der Waals surface area contributed by atoms with Crippen LogP contribution in [0.2, 0.25) is 0 Å². The van der Waals surface area contributed by atoms with E-state index in [1.807, 2.05) is 27.7 Å². The molecule has 0 fully saturated rings. The van der Waals surface area contributed by atoms with Gasteiger partial charge in [-0.05, 0) is 12.3 Å². The second-order valence-corrected chi connectivity index (χ2v) is 3.95. The Balaban J connectivity index is 3.90. The van der Waals surface area contributed by atoms with Crippen LogP contribution in [0.5, 0.6) is 0 Å². The van der Waals surface area contributed by atoms with Gasteiger partial charge in [-0.3, -0.25) is 0 Å². The van der Waals surface area contributed by atoms with Gasteiger partial charge in [0.05, 0.1) is 12.2 Å². The SMILES string of the molecule is CCCC(O)C(C)C(O)C(C)C. The Hall–Kier alpha value is -0.0800. The first-order chi connectivity index (χ1) is 5.50. The van der Waals surface area contributed by atoms with Gasteiger partial charge < -0.3 is 10.2 Å². The Morgan fingerprint density at radius 3 is 1.92 bits per heavy atom. The third-order valence-electron chi connectivity index (χ3n) is 2.41. The average Bonchev–Trinajstić information content (AvgIpc) is 2.02. The van der Waals surface area contributed by atoms with E-state index in [-0.39, 0.29) is 24.0 Å². The maximum atomic E-state index is 9.63. The highest BCUT2D eigenvalue weighted by atomic mass is 16.3.